The van der Waals surface area contributed by atoms with Crippen molar-refractivity contribution in [1.82, 2.24) is 14.9 Å². The van der Waals surface area contributed by atoms with Crippen molar-refractivity contribution < 1.29 is 9.53 Å². The highest BCUT2D eigenvalue weighted by molar-refractivity contribution is 7.99. The van der Waals surface area contributed by atoms with Gasteiger partial charge in [0.15, 0.2) is 0 Å². The van der Waals surface area contributed by atoms with E-state index in [2.05, 4.69) is 14.9 Å². The van der Waals surface area contributed by atoms with Gasteiger partial charge in [-0.15, -0.1) is 0 Å². The second kappa shape index (κ2) is 6.07. The van der Waals surface area contributed by atoms with Crippen LogP contribution in [0.3, 0.4) is 0 Å². The van der Waals surface area contributed by atoms with E-state index in [0.717, 1.165) is 30.4 Å². The Bertz CT molecular complexity index is 356. The van der Waals surface area contributed by atoms with Crippen LogP contribution in [0.25, 0.3) is 0 Å². The summed E-state index contributed by atoms with van der Waals surface area (Å²) in [4.78, 5) is 21.0. The molecule has 1 N–H and O–H groups in total. The van der Waals surface area contributed by atoms with Gasteiger partial charge in [-0.3, -0.25) is 9.69 Å². The number of carbonyl (C=O) groups excluding carboxylic acids is 1. The summed E-state index contributed by atoms with van der Waals surface area (Å²) in [6.07, 6.45) is 4.04. The summed E-state index contributed by atoms with van der Waals surface area (Å²) in [5, 5.41) is 0. The lowest BCUT2D eigenvalue weighted by Gasteiger charge is -2.34. The van der Waals surface area contributed by atoms with Crippen LogP contribution < -0.4 is 0 Å². The summed E-state index contributed by atoms with van der Waals surface area (Å²) in [6.45, 7) is 1.77. The molecule has 1 aliphatic rings. The zero-order valence-corrected chi connectivity index (χ0v) is 10.7. The highest BCUT2D eigenvalue weighted by atomic mass is 32.2. The SMILES string of the molecule is COC(=O)C[C@@H]1CSCCN1Cc1ncc[nH]1. The molecule has 0 amide bonds. The number of rotatable bonds is 4. The summed E-state index contributed by atoms with van der Waals surface area (Å²) in [5.41, 5.74) is 0. The van der Waals surface area contributed by atoms with Crippen molar-refractivity contribution in [3.05, 3.63) is 18.2 Å². The third-order valence-electron chi connectivity index (χ3n) is 2.89. The maximum Gasteiger partial charge on any atom is 0.307 e. The zero-order chi connectivity index (χ0) is 12.1. The van der Waals surface area contributed by atoms with Gasteiger partial charge in [-0.1, -0.05) is 0 Å². The molecule has 1 saturated heterocycles. The van der Waals surface area contributed by atoms with Crippen LogP contribution in [0, 0.1) is 0 Å². The van der Waals surface area contributed by atoms with Crippen molar-refractivity contribution in [1.29, 1.82) is 0 Å². The molecule has 1 fully saturated rings. The van der Waals surface area contributed by atoms with Crippen molar-refractivity contribution in [3.63, 3.8) is 0 Å². The molecule has 0 unspecified atom stereocenters. The minimum Gasteiger partial charge on any atom is -0.469 e. The average Bonchev–Trinajstić information content (AvgIpc) is 2.84. The maximum absolute atomic E-state index is 11.3. The summed E-state index contributed by atoms with van der Waals surface area (Å²) >= 11 is 1.89. The topological polar surface area (TPSA) is 58.2 Å². The van der Waals surface area contributed by atoms with Crippen molar-refractivity contribution in [2.75, 3.05) is 25.2 Å². The molecule has 0 aliphatic carbocycles. The van der Waals surface area contributed by atoms with Crippen LogP contribution >= 0.6 is 11.8 Å². The molecule has 6 heteroatoms. The molecular weight excluding hydrogens is 238 g/mol. The van der Waals surface area contributed by atoms with Crippen LogP contribution in [0.2, 0.25) is 0 Å². The highest BCUT2D eigenvalue weighted by Gasteiger charge is 2.25. The molecule has 94 valence electrons. The normalized spacial score (nSPS) is 21.4. The van der Waals surface area contributed by atoms with Gasteiger partial charge in [-0.05, 0) is 0 Å². The van der Waals surface area contributed by atoms with Crippen LogP contribution in [0.4, 0.5) is 0 Å². The number of aromatic nitrogens is 2. The Kier molecular flexibility index (Phi) is 4.44. The van der Waals surface area contributed by atoms with Crippen LogP contribution in [0.1, 0.15) is 12.2 Å². The first kappa shape index (κ1) is 12.4. The van der Waals surface area contributed by atoms with E-state index in [0.29, 0.717) is 6.42 Å². The highest BCUT2D eigenvalue weighted by Crippen LogP contribution is 2.20. The lowest BCUT2D eigenvalue weighted by atomic mass is 10.2. The largest absolute Gasteiger partial charge is 0.469 e. The standard InChI is InChI=1S/C11H17N3O2S/c1-16-11(15)6-9-8-17-5-4-14(9)7-10-12-2-3-13-10/h2-3,9H,4-8H2,1H3,(H,12,13)/t9-/m1/s1. The summed E-state index contributed by atoms with van der Waals surface area (Å²) in [7, 11) is 1.44. The monoisotopic (exact) mass is 255 g/mol. The van der Waals surface area contributed by atoms with E-state index in [9.17, 15) is 4.79 Å². The lowest BCUT2D eigenvalue weighted by molar-refractivity contribution is -0.141. The number of hydrogen-bond donors (Lipinski definition) is 1. The Balaban J connectivity index is 1.94. The molecular formula is C11H17N3O2S. The number of H-pyrrole nitrogens is 1. The van der Waals surface area contributed by atoms with E-state index in [1.807, 2.05) is 18.0 Å². The number of methoxy groups -OCH3 is 1. The van der Waals surface area contributed by atoms with E-state index in [1.165, 1.54) is 7.11 Å². The number of thioether (sulfide) groups is 1. The van der Waals surface area contributed by atoms with Gasteiger partial charge in [0.25, 0.3) is 0 Å². The van der Waals surface area contributed by atoms with Crippen molar-refractivity contribution in [3.8, 4) is 0 Å². The van der Waals surface area contributed by atoms with Crippen molar-refractivity contribution in [2.45, 2.75) is 19.0 Å². The third-order valence-corrected chi connectivity index (χ3v) is 3.98. The van der Waals surface area contributed by atoms with E-state index in [-0.39, 0.29) is 12.0 Å². The fraction of sp³-hybridized carbons (Fsp3) is 0.636. The van der Waals surface area contributed by atoms with Gasteiger partial charge in [-0.2, -0.15) is 11.8 Å². The first-order valence-corrected chi connectivity index (χ1v) is 6.82. The predicted molar refractivity (Wildman–Crippen MR) is 66.7 cm³/mol. The van der Waals surface area contributed by atoms with Crippen LogP contribution in [-0.4, -0.2) is 52.0 Å². The third kappa shape index (κ3) is 3.47. The summed E-state index contributed by atoms with van der Waals surface area (Å²) in [5.74, 6) is 2.91. The molecule has 0 radical (unpaired) electrons. The van der Waals surface area contributed by atoms with Gasteiger partial charge in [-0.25, -0.2) is 4.98 Å². The van der Waals surface area contributed by atoms with Gasteiger partial charge >= 0.3 is 5.97 Å². The second-order valence-corrected chi connectivity index (χ2v) is 5.17. The van der Waals surface area contributed by atoms with E-state index >= 15 is 0 Å². The van der Waals surface area contributed by atoms with E-state index in [1.54, 1.807) is 6.20 Å². The molecule has 0 aromatic carbocycles. The molecule has 17 heavy (non-hydrogen) atoms. The molecule has 1 aromatic rings. The maximum atomic E-state index is 11.3. The van der Waals surface area contributed by atoms with Gasteiger partial charge in [0.1, 0.15) is 5.82 Å². The molecule has 2 heterocycles. The Morgan fingerprint density at radius 3 is 3.35 bits per heavy atom. The number of hydrogen-bond acceptors (Lipinski definition) is 5. The second-order valence-electron chi connectivity index (χ2n) is 4.02. The Labute approximate surface area is 105 Å². The minimum absolute atomic E-state index is 0.137. The molecule has 0 saturated carbocycles. The fourth-order valence-corrected chi connectivity index (χ4v) is 3.07. The van der Waals surface area contributed by atoms with E-state index in [4.69, 9.17) is 4.74 Å². The quantitative estimate of drug-likeness (QED) is 0.810. The molecule has 1 aliphatic heterocycles. The molecule has 2 rings (SSSR count). The average molecular weight is 255 g/mol. The van der Waals surface area contributed by atoms with Crippen LogP contribution in [-0.2, 0) is 16.1 Å². The minimum atomic E-state index is -0.137. The summed E-state index contributed by atoms with van der Waals surface area (Å²) in [6, 6.07) is 0.256. The van der Waals surface area contributed by atoms with Crippen LogP contribution in [0.5, 0.6) is 0 Å². The van der Waals surface area contributed by atoms with Crippen molar-refractivity contribution in [2.24, 2.45) is 0 Å². The number of nitrogens with zero attached hydrogens (tertiary/aromatic N) is 2. The van der Waals surface area contributed by atoms with Crippen molar-refractivity contribution >= 4 is 17.7 Å². The lowest BCUT2D eigenvalue weighted by Crippen LogP contribution is -2.43. The first-order chi connectivity index (χ1) is 8.29. The predicted octanol–water partition coefficient (Wildman–Crippen LogP) is 0.890. The van der Waals surface area contributed by atoms with Gasteiger partial charge in [0.2, 0.25) is 0 Å². The van der Waals surface area contributed by atoms with Crippen LogP contribution in [0.15, 0.2) is 12.4 Å². The van der Waals surface area contributed by atoms with Gasteiger partial charge < -0.3 is 9.72 Å². The number of imidazole rings is 1. The zero-order valence-electron chi connectivity index (χ0n) is 9.89. The molecule has 1 aromatic heterocycles. The first-order valence-electron chi connectivity index (χ1n) is 5.66. The molecule has 5 nitrogen and oxygen atoms in total. The Hall–Kier alpha value is -1.01. The number of ether oxygens (including phenoxy) is 1. The van der Waals surface area contributed by atoms with E-state index < -0.39 is 0 Å². The number of carbonyl (C=O) groups is 1. The molecule has 0 bridgehead atoms. The molecule has 0 spiro atoms. The smallest absolute Gasteiger partial charge is 0.307 e. The number of esters is 1. The Morgan fingerprint density at radius 2 is 2.65 bits per heavy atom. The fourth-order valence-electron chi connectivity index (χ4n) is 1.94. The summed E-state index contributed by atoms with van der Waals surface area (Å²) < 4.78 is 4.74. The number of aromatic amines is 1. The molecule has 1 atom stereocenters. The van der Waals surface area contributed by atoms with Gasteiger partial charge in [0, 0.05) is 36.5 Å². The number of nitrogens with one attached hydrogen (secondary N) is 1. The Morgan fingerprint density at radius 1 is 1.76 bits per heavy atom. The van der Waals surface area contributed by atoms with Gasteiger partial charge in [0.05, 0.1) is 20.1 Å².